The first kappa shape index (κ1) is 27.8. The topological polar surface area (TPSA) is 157 Å². The van der Waals surface area contributed by atoms with Crippen LogP contribution < -0.4 is 10.6 Å². The molecule has 0 radical (unpaired) electrons. The Morgan fingerprint density at radius 2 is 2.07 bits per heavy atom. The number of H-pyrrole nitrogens is 1. The summed E-state index contributed by atoms with van der Waals surface area (Å²) in [5, 5.41) is 13.5. The van der Waals surface area contributed by atoms with Crippen LogP contribution in [0.4, 0.5) is 5.69 Å². The highest BCUT2D eigenvalue weighted by Gasteiger charge is 2.26. The number of pyridine rings is 1. The van der Waals surface area contributed by atoms with Crippen LogP contribution in [0.5, 0.6) is 0 Å². The molecule has 13 heteroatoms. The van der Waals surface area contributed by atoms with Crippen LogP contribution >= 0.6 is 11.6 Å². The van der Waals surface area contributed by atoms with Crippen molar-refractivity contribution in [3.05, 3.63) is 54.0 Å². The zero-order valence-electron chi connectivity index (χ0n) is 23.1. The number of alkyl halides is 1. The molecule has 4 heterocycles. The van der Waals surface area contributed by atoms with E-state index in [0.717, 1.165) is 11.1 Å². The number of aromatic amines is 1. The van der Waals surface area contributed by atoms with Crippen LogP contribution in [0.25, 0.3) is 28.3 Å². The molecular formula is C28H28ClN9O3. The average Bonchev–Trinajstić information content (AvgIpc) is 3.65. The number of carbonyl (C=O) groups excluding carboxylic acids is 2. The Hall–Kier alpha value is -4.76. The number of nitrogens with zero attached hydrogens (tertiary/aromatic N) is 6. The second kappa shape index (κ2) is 11.0. The summed E-state index contributed by atoms with van der Waals surface area (Å²) in [5.41, 5.74) is 3.49. The molecule has 4 aromatic rings. The fourth-order valence-electron chi connectivity index (χ4n) is 4.24. The molecule has 2 atom stereocenters. The number of allylic oxidation sites excluding steroid dienone is 3. The quantitative estimate of drug-likeness (QED) is 0.233. The van der Waals surface area contributed by atoms with Gasteiger partial charge in [-0.2, -0.15) is 10.1 Å². The van der Waals surface area contributed by atoms with Gasteiger partial charge in [0.1, 0.15) is 0 Å². The SMILES string of the molecule is CC#CC(=O)Nc1cn(C)nc1-c1nc2nccc(C3=CC(Cl)C(CNC(=O)c4nc(C(C)(C)C)no4)C=C3)c2[nH]1. The molecule has 0 spiro atoms. The Labute approximate surface area is 240 Å². The van der Waals surface area contributed by atoms with Gasteiger partial charge < -0.3 is 20.1 Å². The van der Waals surface area contributed by atoms with Crippen molar-refractivity contribution in [3.8, 4) is 23.4 Å². The highest BCUT2D eigenvalue weighted by atomic mass is 35.5. The maximum Gasteiger partial charge on any atom is 0.315 e. The molecule has 2 amide bonds. The van der Waals surface area contributed by atoms with Gasteiger partial charge >= 0.3 is 11.8 Å². The summed E-state index contributed by atoms with van der Waals surface area (Å²) in [6.45, 7) is 7.70. The van der Waals surface area contributed by atoms with Gasteiger partial charge in [0.15, 0.2) is 23.0 Å². The van der Waals surface area contributed by atoms with E-state index in [1.807, 2.05) is 45.1 Å². The largest absolute Gasteiger partial charge is 0.347 e. The summed E-state index contributed by atoms with van der Waals surface area (Å²) in [5.74, 6) is 4.80. The molecule has 0 saturated heterocycles. The molecule has 210 valence electrons. The zero-order valence-corrected chi connectivity index (χ0v) is 23.9. The van der Waals surface area contributed by atoms with E-state index in [2.05, 4.69) is 52.7 Å². The predicted molar refractivity (Wildman–Crippen MR) is 154 cm³/mol. The van der Waals surface area contributed by atoms with Crippen molar-refractivity contribution < 1.29 is 14.1 Å². The number of aryl methyl sites for hydroxylation is 1. The Morgan fingerprint density at radius 3 is 2.78 bits per heavy atom. The predicted octanol–water partition coefficient (Wildman–Crippen LogP) is 3.61. The van der Waals surface area contributed by atoms with Crippen molar-refractivity contribution in [1.82, 2.24) is 40.2 Å². The Bertz CT molecular complexity index is 1760. The number of anilines is 1. The summed E-state index contributed by atoms with van der Waals surface area (Å²) in [6.07, 6.45) is 9.17. The van der Waals surface area contributed by atoms with Gasteiger partial charge in [0.2, 0.25) is 0 Å². The van der Waals surface area contributed by atoms with Crippen molar-refractivity contribution >= 4 is 45.8 Å². The van der Waals surface area contributed by atoms with Gasteiger partial charge in [0.25, 0.3) is 5.91 Å². The molecule has 0 fully saturated rings. The van der Waals surface area contributed by atoms with Gasteiger partial charge in [0.05, 0.1) is 16.6 Å². The fourth-order valence-corrected chi connectivity index (χ4v) is 4.55. The van der Waals surface area contributed by atoms with E-state index in [-0.39, 0.29) is 23.8 Å². The monoisotopic (exact) mass is 573 g/mol. The molecule has 0 saturated carbocycles. The smallest absolute Gasteiger partial charge is 0.315 e. The van der Waals surface area contributed by atoms with E-state index in [1.165, 1.54) is 0 Å². The summed E-state index contributed by atoms with van der Waals surface area (Å²) >= 11 is 6.73. The van der Waals surface area contributed by atoms with E-state index in [0.29, 0.717) is 34.2 Å². The van der Waals surface area contributed by atoms with Crippen molar-refractivity contribution in [2.75, 3.05) is 11.9 Å². The van der Waals surface area contributed by atoms with Crippen LogP contribution in [0.1, 0.15) is 49.8 Å². The minimum absolute atomic E-state index is 0.0831. The molecular weight excluding hydrogens is 546 g/mol. The van der Waals surface area contributed by atoms with E-state index in [1.54, 1.807) is 31.0 Å². The molecule has 0 aromatic carbocycles. The number of halogens is 1. The van der Waals surface area contributed by atoms with Crippen LogP contribution in [0.2, 0.25) is 0 Å². The lowest BCUT2D eigenvalue weighted by molar-refractivity contribution is -0.111. The van der Waals surface area contributed by atoms with E-state index < -0.39 is 17.2 Å². The van der Waals surface area contributed by atoms with Crippen LogP contribution in [0, 0.1) is 17.8 Å². The number of rotatable bonds is 6. The molecule has 12 nitrogen and oxygen atoms in total. The molecule has 1 aliphatic carbocycles. The first-order valence-electron chi connectivity index (χ1n) is 12.8. The fraction of sp³-hybridized carbons (Fsp3) is 0.321. The van der Waals surface area contributed by atoms with Crippen molar-refractivity contribution in [2.24, 2.45) is 13.0 Å². The van der Waals surface area contributed by atoms with Gasteiger partial charge in [-0.1, -0.05) is 50.1 Å². The molecule has 2 unspecified atom stereocenters. The maximum absolute atomic E-state index is 12.6. The first-order chi connectivity index (χ1) is 19.5. The molecule has 4 aromatic heterocycles. The van der Waals surface area contributed by atoms with Crippen molar-refractivity contribution in [2.45, 2.75) is 38.5 Å². The van der Waals surface area contributed by atoms with E-state index in [9.17, 15) is 9.59 Å². The second-order valence-corrected chi connectivity index (χ2v) is 11.0. The van der Waals surface area contributed by atoms with Crippen LogP contribution in [0.3, 0.4) is 0 Å². The number of hydrogen-bond donors (Lipinski definition) is 3. The normalized spacial score (nSPS) is 16.7. The summed E-state index contributed by atoms with van der Waals surface area (Å²) in [4.78, 5) is 41.1. The summed E-state index contributed by atoms with van der Waals surface area (Å²) < 4.78 is 6.70. The lowest BCUT2D eigenvalue weighted by atomic mass is 9.92. The number of imidazole rings is 1. The van der Waals surface area contributed by atoms with Gasteiger partial charge in [-0.25, -0.2) is 9.97 Å². The van der Waals surface area contributed by atoms with Gasteiger partial charge in [-0.05, 0) is 24.5 Å². The third kappa shape index (κ3) is 5.90. The summed E-state index contributed by atoms with van der Waals surface area (Å²) in [7, 11) is 1.75. The van der Waals surface area contributed by atoms with E-state index in [4.69, 9.17) is 16.1 Å². The number of fused-ring (bicyclic) bond motifs is 1. The van der Waals surface area contributed by atoms with Gasteiger partial charge in [-0.15, -0.1) is 11.6 Å². The van der Waals surface area contributed by atoms with E-state index >= 15 is 0 Å². The number of carbonyl (C=O) groups is 2. The highest BCUT2D eigenvalue weighted by Crippen LogP contribution is 2.32. The van der Waals surface area contributed by atoms with Crippen molar-refractivity contribution in [3.63, 3.8) is 0 Å². The third-order valence-electron chi connectivity index (χ3n) is 6.30. The van der Waals surface area contributed by atoms with Gasteiger partial charge in [-0.3, -0.25) is 14.3 Å². The Balaban J connectivity index is 1.33. The van der Waals surface area contributed by atoms with Crippen LogP contribution in [-0.2, 0) is 17.3 Å². The minimum atomic E-state index is -0.451. The standard InChI is InChI=1S/C28H28ClN9O3/c1-6-7-20(39)32-19-14-38(5)36-22(19)24-33-21-17(10-11-30-23(21)34-24)15-8-9-16(18(29)12-15)13-31-25(40)26-35-27(37-41-26)28(2,3)4/h8-12,14,16,18H,13H2,1-5H3,(H,31,40)(H,32,39)(H,30,33,34). The summed E-state index contributed by atoms with van der Waals surface area (Å²) in [6, 6.07) is 1.87. The molecule has 41 heavy (non-hydrogen) atoms. The highest BCUT2D eigenvalue weighted by molar-refractivity contribution is 6.23. The Morgan fingerprint density at radius 1 is 1.27 bits per heavy atom. The minimum Gasteiger partial charge on any atom is -0.347 e. The Kier molecular flexibility index (Phi) is 7.47. The number of aromatic nitrogens is 7. The molecule has 1 aliphatic rings. The lowest BCUT2D eigenvalue weighted by Crippen LogP contribution is -2.33. The molecule has 0 aliphatic heterocycles. The second-order valence-electron chi connectivity index (χ2n) is 10.5. The molecule has 0 bridgehead atoms. The van der Waals surface area contributed by atoms with Crippen molar-refractivity contribution in [1.29, 1.82) is 0 Å². The lowest BCUT2D eigenvalue weighted by Gasteiger charge is -2.21. The molecule has 3 N–H and O–H groups in total. The zero-order chi connectivity index (χ0) is 29.3. The van der Waals surface area contributed by atoms with Gasteiger partial charge in [0, 0.05) is 42.9 Å². The van der Waals surface area contributed by atoms with Crippen LogP contribution in [-0.4, -0.2) is 58.6 Å². The number of nitrogens with one attached hydrogen (secondary N) is 3. The maximum atomic E-state index is 12.6. The third-order valence-corrected chi connectivity index (χ3v) is 6.75. The number of amides is 2. The molecule has 5 rings (SSSR count). The van der Waals surface area contributed by atoms with Crippen LogP contribution in [0.15, 0.2) is 41.2 Å². The first-order valence-corrected chi connectivity index (χ1v) is 13.3. The number of hydrogen-bond acceptors (Lipinski definition) is 8. The average molecular weight is 574 g/mol.